The smallest absolute Gasteiger partial charge is 0.275 e. The normalized spacial score (nSPS) is 10.4. The number of aromatic nitrogens is 2. The maximum Gasteiger partial charge on any atom is 0.275 e. The predicted molar refractivity (Wildman–Crippen MR) is 90.8 cm³/mol. The zero-order chi connectivity index (χ0) is 17.8. The third-order valence-corrected chi connectivity index (χ3v) is 3.41. The van der Waals surface area contributed by atoms with Crippen LogP contribution in [0.1, 0.15) is 16.1 Å². The minimum atomic E-state index is -0.747. The molecule has 1 heterocycles. The van der Waals surface area contributed by atoms with E-state index in [9.17, 15) is 13.6 Å². The number of benzene rings is 2. The molecule has 0 spiro atoms. The van der Waals surface area contributed by atoms with Gasteiger partial charge < -0.3 is 10.6 Å². The summed E-state index contributed by atoms with van der Waals surface area (Å²) < 4.78 is 27.2. The average Bonchev–Trinajstić information content (AvgIpc) is 2.61. The van der Waals surface area contributed by atoms with E-state index in [0.29, 0.717) is 5.69 Å². The Morgan fingerprint density at radius 1 is 0.960 bits per heavy atom. The van der Waals surface area contributed by atoms with Gasteiger partial charge in [-0.3, -0.25) is 4.79 Å². The van der Waals surface area contributed by atoms with E-state index in [2.05, 4.69) is 20.6 Å². The summed E-state index contributed by atoms with van der Waals surface area (Å²) in [5.41, 5.74) is 1.47. The van der Waals surface area contributed by atoms with Gasteiger partial charge in [-0.25, -0.2) is 18.7 Å². The van der Waals surface area contributed by atoms with Gasteiger partial charge in [-0.2, -0.15) is 0 Å². The molecule has 0 saturated carbocycles. The van der Waals surface area contributed by atoms with Crippen molar-refractivity contribution in [1.29, 1.82) is 0 Å². The van der Waals surface area contributed by atoms with Crippen molar-refractivity contribution in [2.75, 3.05) is 10.6 Å². The molecular formula is C18H14F2N4O. The fraction of sp³-hybridized carbons (Fsp3) is 0.0556. The Morgan fingerprint density at radius 2 is 1.64 bits per heavy atom. The van der Waals surface area contributed by atoms with E-state index < -0.39 is 17.5 Å². The summed E-state index contributed by atoms with van der Waals surface area (Å²) in [6, 6.07) is 10.8. The molecule has 1 amide bonds. The van der Waals surface area contributed by atoms with E-state index in [1.54, 1.807) is 12.1 Å². The molecule has 2 aromatic carbocycles. The third-order valence-electron chi connectivity index (χ3n) is 3.41. The molecule has 25 heavy (non-hydrogen) atoms. The second-order valence-electron chi connectivity index (χ2n) is 5.33. The van der Waals surface area contributed by atoms with E-state index in [-0.39, 0.29) is 17.2 Å². The number of nitrogens with zero attached hydrogens (tertiary/aromatic N) is 2. The lowest BCUT2D eigenvalue weighted by atomic mass is 10.2. The number of anilines is 3. The number of aryl methyl sites for hydroxylation is 1. The van der Waals surface area contributed by atoms with Gasteiger partial charge in [0.2, 0.25) is 0 Å². The number of amides is 1. The highest BCUT2D eigenvalue weighted by Gasteiger charge is 2.11. The molecule has 126 valence electrons. The van der Waals surface area contributed by atoms with Crippen molar-refractivity contribution in [1.82, 2.24) is 9.97 Å². The molecule has 3 aromatic rings. The quantitative estimate of drug-likeness (QED) is 0.752. The summed E-state index contributed by atoms with van der Waals surface area (Å²) in [5.74, 6) is -1.80. The first-order valence-corrected chi connectivity index (χ1v) is 7.44. The number of hydrogen-bond acceptors (Lipinski definition) is 4. The highest BCUT2D eigenvalue weighted by Crippen LogP contribution is 2.21. The van der Waals surface area contributed by atoms with Gasteiger partial charge >= 0.3 is 0 Å². The summed E-state index contributed by atoms with van der Waals surface area (Å²) in [6.07, 6.45) is 2.46. The molecule has 0 atom stereocenters. The number of carbonyl (C=O) groups is 1. The SMILES string of the molecule is Cc1ccc(NC(=O)c2cnc(Nc3c(F)cccc3F)cn2)cc1. The highest BCUT2D eigenvalue weighted by molar-refractivity contribution is 6.02. The summed E-state index contributed by atoms with van der Waals surface area (Å²) >= 11 is 0. The standard InChI is InChI=1S/C18H14F2N4O/c1-11-5-7-12(8-6-11)23-18(25)15-9-22-16(10-21-15)24-17-13(19)3-2-4-14(17)20/h2-10H,1H3,(H,22,24)(H,23,25). The molecule has 3 rings (SSSR count). The predicted octanol–water partition coefficient (Wildman–Crippen LogP) is 4.06. The van der Waals surface area contributed by atoms with Gasteiger partial charge in [0.05, 0.1) is 12.4 Å². The van der Waals surface area contributed by atoms with Crippen LogP contribution in [0.4, 0.5) is 26.0 Å². The lowest BCUT2D eigenvalue weighted by molar-refractivity contribution is 0.102. The van der Waals surface area contributed by atoms with E-state index in [1.807, 2.05) is 19.1 Å². The summed E-state index contributed by atoms with van der Waals surface area (Å²) in [7, 11) is 0. The number of halogens is 2. The Kier molecular flexibility index (Phi) is 4.65. The van der Waals surface area contributed by atoms with Crippen LogP contribution in [0.15, 0.2) is 54.9 Å². The van der Waals surface area contributed by atoms with Crippen LogP contribution in [0.25, 0.3) is 0 Å². The molecule has 7 heteroatoms. The minimum absolute atomic E-state index is 0.0835. The Bertz CT molecular complexity index is 876. The largest absolute Gasteiger partial charge is 0.334 e. The Balaban J connectivity index is 1.71. The first kappa shape index (κ1) is 16.5. The van der Waals surface area contributed by atoms with Crippen LogP contribution in [0, 0.1) is 18.6 Å². The highest BCUT2D eigenvalue weighted by atomic mass is 19.1. The number of nitrogens with one attached hydrogen (secondary N) is 2. The minimum Gasteiger partial charge on any atom is -0.334 e. The number of rotatable bonds is 4. The maximum atomic E-state index is 13.6. The van der Waals surface area contributed by atoms with Crippen molar-refractivity contribution in [3.8, 4) is 0 Å². The maximum absolute atomic E-state index is 13.6. The van der Waals surface area contributed by atoms with Crippen LogP contribution in [0.3, 0.4) is 0 Å². The monoisotopic (exact) mass is 340 g/mol. The Hall–Kier alpha value is -3.35. The van der Waals surface area contributed by atoms with Gasteiger partial charge in [-0.05, 0) is 31.2 Å². The second kappa shape index (κ2) is 7.04. The van der Waals surface area contributed by atoms with Gasteiger partial charge in [-0.1, -0.05) is 23.8 Å². The summed E-state index contributed by atoms with van der Waals surface area (Å²) in [5, 5.41) is 5.20. The van der Waals surface area contributed by atoms with Crippen molar-refractivity contribution in [3.05, 3.63) is 77.8 Å². The zero-order valence-corrected chi connectivity index (χ0v) is 13.3. The van der Waals surface area contributed by atoms with Crippen molar-refractivity contribution >= 4 is 23.1 Å². The Morgan fingerprint density at radius 3 is 2.24 bits per heavy atom. The Labute approximate surface area is 142 Å². The molecule has 0 aliphatic carbocycles. The van der Waals surface area contributed by atoms with E-state index in [0.717, 1.165) is 17.7 Å². The van der Waals surface area contributed by atoms with Crippen LogP contribution >= 0.6 is 0 Å². The zero-order valence-electron chi connectivity index (χ0n) is 13.3. The summed E-state index contributed by atoms with van der Waals surface area (Å²) in [6.45, 7) is 1.95. The number of hydrogen-bond donors (Lipinski definition) is 2. The van der Waals surface area contributed by atoms with E-state index in [4.69, 9.17) is 0 Å². The molecule has 0 saturated heterocycles. The topological polar surface area (TPSA) is 66.9 Å². The molecule has 0 aliphatic rings. The van der Waals surface area contributed by atoms with Gasteiger partial charge in [0.1, 0.15) is 28.8 Å². The van der Waals surface area contributed by atoms with Crippen LogP contribution in [-0.2, 0) is 0 Å². The number of para-hydroxylation sites is 1. The molecule has 5 nitrogen and oxygen atoms in total. The first-order chi connectivity index (χ1) is 12.0. The van der Waals surface area contributed by atoms with Crippen LogP contribution in [0.2, 0.25) is 0 Å². The summed E-state index contributed by atoms with van der Waals surface area (Å²) in [4.78, 5) is 20.1. The molecule has 1 aromatic heterocycles. The molecular weight excluding hydrogens is 326 g/mol. The van der Waals surface area contributed by atoms with Gasteiger partial charge in [-0.15, -0.1) is 0 Å². The van der Waals surface area contributed by atoms with Crippen LogP contribution in [0.5, 0.6) is 0 Å². The molecule has 0 radical (unpaired) electrons. The molecule has 2 N–H and O–H groups in total. The third kappa shape index (κ3) is 3.95. The van der Waals surface area contributed by atoms with Crippen LogP contribution in [-0.4, -0.2) is 15.9 Å². The lowest BCUT2D eigenvalue weighted by Crippen LogP contribution is -2.14. The molecule has 0 aliphatic heterocycles. The fourth-order valence-corrected chi connectivity index (χ4v) is 2.09. The fourth-order valence-electron chi connectivity index (χ4n) is 2.09. The van der Waals surface area contributed by atoms with Gasteiger partial charge in [0.15, 0.2) is 0 Å². The van der Waals surface area contributed by atoms with Crippen molar-refractivity contribution < 1.29 is 13.6 Å². The van der Waals surface area contributed by atoms with Gasteiger partial charge in [0, 0.05) is 5.69 Å². The van der Waals surface area contributed by atoms with Crippen molar-refractivity contribution in [2.45, 2.75) is 6.92 Å². The van der Waals surface area contributed by atoms with Crippen molar-refractivity contribution in [3.63, 3.8) is 0 Å². The number of carbonyl (C=O) groups excluding carboxylic acids is 1. The average molecular weight is 340 g/mol. The van der Waals surface area contributed by atoms with Crippen molar-refractivity contribution in [2.24, 2.45) is 0 Å². The second-order valence-corrected chi connectivity index (χ2v) is 5.33. The van der Waals surface area contributed by atoms with E-state index >= 15 is 0 Å². The molecule has 0 unspecified atom stereocenters. The molecule has 0 fully saturated rings. The van der Waals surface area contributed by atoms with Gasteiger partial charge in [0.25, 0.3) is 5.91 Å². The first-order valence-electron chi connectivity index (χ1n) is 7.44. The lowest BCUT2D eigenvalue weighted by Gasteiger charge is -2.08. The van der Waals surface area contributed by atoms with Crippen LogP contribution < -0.4 is 10.6 Å². The van der Waals surface area contributed by atoms with E-state index in [1.165, 1.54) is 18.5 Å². The molecule has 0 bridgehead atoms.